The molecule has 0 saturated heterocycles. The van der Waals surface area contributed by atoms with Gasteiger partial charge in [-0.1, -0.05) is 0 Å². The third-order valence-corrected chi connectivity index (χ3v) is 2.81. The number of aromatic nitrogens is 1. The van der Waals surface area contributed by atoms with Crippen LogP contribution in [0.2, 0.25) is 0 Å². The van der Waals surface area contributed by atoms with Crippen LogP contribution in [0.4, 0.5) is 5.69 Å². The minimum absolute atomic E-state index is 0.215. The number of carboxylic acid groups (broad SMARTS) is 1. The minimum atomic E-state index is -0.735. The van der Waals surface area contributed by atoms with Gasteiger partial charge in [0, 0.05) is 36.1 Å². The lowest BCUT2D eigenvalue weighted by Gasteiger charge is -2.29. The van der Waals surface area contributed by atoms with E-state index in [2.05, 4.69) is 23.7 Å². The molecule has 0 radical (unpaired) electrons. The van der Waals surface area contributed by atoms with E-state index in [-0.39, 0.29) is 6.42 Å². The second-order valence-corrected chi connectivity index (χ2v) is 4.89. The molecule has 0 fully saturated rings. The van der Waals surface area contributed by atoms with E-state index < -0.39 is 5.97 Å². The van der Waals surface area contributed by atoms with E-state index in [1.807, 2.05) is 26.0 Å². The van der Waals surface area contributed by atoms with Crippen LogP contribution in [0.25, 0.3) is 0 Å². The van der Waals surface area contributed by atoms with Crippen LogP contribution in [0.15, 0.2) is 12.1 Å². The first kappa shape index (κ1) is 14.5. The van der Waals surface area contributed by atoms with Gasteiger partial charge in [-0.15, -0.1) is 0 Å². The molecule has 1 heterocycles. The summed E-state index contributed by atoms with van der Waals surface area (Å²) in [5.41, 5.74) is 3.11. The van der Waals surface area contributed by atoms with Gasteiger partial charge in [-0.2, -0.15) is 0 Å². The average molecular weight is 250 g/mol. The smallest absolute Gasteiger partial charge is 0.303 e. The number of rotatable bonds is 6. The molecule has 1 N–H and O–H groups in total. The van der Waals surface area contributed by atoms with Crippen LogP contribution >= 0.6 is 0 Å². The van der Waals surface area contributed by atoms with Crippen LogP contribution in [0.5, 0.6) is 0 Å². The van der Waals surface area contributed by atoms with Crippen molar-refractivity contribution in [3.05, 3.63) is 23.5 Å². The van der Waals surface area contributed by atoms with Gasteiger partial charge in [-0.25, -0.2) is 0 Å². The van der Waals surface area contributed by atoms with E-state index in [1.54, 1.807) is 0 Å². The highest BCUT2D eigenvalue weighted by Crippen LogP contribution is 2.19. The first-order chi connectivity index (χ1) is 8.40. The first-order valence-corrected chi connectivity index (χ1v) is 6.34. The molecule has 0 unspecified atom stereocenters. The van der Waals surface area contributed by atoms with Crippen LogP contribution in [-0.4, -0.2) is 28.6 Å². The maximum Gasteiger partial charge on any atom is 0.303 e. The molecule has 0 aliphatic rings. The Kier molecular flexibility index (Phi) is 5.13. The molecule has 18 heavy (non-hydrogen) atoms. The molecule has 0 aliphatic heterocycles. The van der Waals surface area contributed by atoms with E-state index >= 15 is 0 Å². The molecular formula is C14H22N2O2. The lowest BCUT2D eigenvalue weighted by molar-refractivity contribution is -0.137. The molecule has 4 heteroatoms. The Morgan fingerprint density at radius 1 is 1.33 bits per heavy atom. The van der Waals surface area contributed by atoms with Gasteiger partial charge in [0.15, 0.2) is 0 Å². The van der Waals surface area contributed by atoms with Gasteiger partial charge in [0.2, 0.25) is 0 Å². The van der Waals surface area contributed by atoms with Gasteiger partial charge >= 0.3 is 5.97 Å². The van der Waals surface area contributed by atoms with Gasteiger partial charge in [-0.05, 0) is 46.2 Å². The molecule has 0 aromatic carbocycles. The fourth-order valence-electron chi connectivity index (χ4n) is 2.06. The highest BCUT2D eigenvalue weighted by Gasteiger charge is 2.12. The number of anilines is 1. The van der Waals surface area contributed by atoms with Gasteiger partial charge in [-0.3, -0.25) is 9.78 Å². The zero-order chi connectivity index (χ0) is 13.7. The second-order valence-electron chi connectivity index (χ2n) is 4.89. The summed E-state index contributed by atoms with van der Waals surface area (Å²) in [7, 11) is 0. The quantitative estimate of drug-likeness (QED) is 0.843. The third kappa shape index (κ3) is 4.35. The predicted molar refractivity (Wildman–Crippen MR) is 73.1 cm³/mol. The topological polar surface area (TPSA) is 53.4 Å². The van der Waals surface area contributed by atoms with E-state index in [9.17, 15) is 4.79 Å². The largest absolute Gasteiger partial charge is 0.481 e. The van der Waals surface area contributed by atoms with Crippen LogP contribution in [-0.2, 0) is 4.79 Å². The zero-order valence-corrected chi connectivity index (χ0v) is 11.6. The van der Waals surface area contributed by atoms with Crippen molar-refractivity contribution in [3.8, 4) is 0 Å². The number of aryl methyl sites for hydroxylation is 2. The second kappa shape index (κ2) is 6.38. The lowest BCUT2D eigenvalue weighted by atomic mass is 10.2. The number of carbonyl (C=O) groups is 1. The van der Waals surface area contributed by atoms with E-state index in [0.717, 1.165) is 23.6 Å². The van der Waals surface area contributed by atoms with Crippen LogP contribution < -0.4 is 4.90 Å². The third-order valence-electron chi connectivity index (χ3n) is 2.81. The van der Waals surface area contributed by atoms with Crippen molar-refractivity contribution in [2.75, 3.05) is 11.4 Å². The molecule has 0 bridgehead atoms. The van der Waals surface area contributed by atoms with Crippen LogP contribution in [0.3, 0.4) is 0 Å². The van der Waals surface area contributed by atoms with Gasteiger partial charge in [0.1, 0.15) is 0 Å². The predicted octanol–water partition coefficient (Wildman–Crippen LogP) is 2.78. The summed E-state index contributed by atoms with van der Waals surface area (Å²) < 4.78 is 0. The van der Waals surface area contributed by atoms with Gasteiger partial charge in [0.25, 0.3) is 0 Å². The normalized spacial score (nSPS) is 10.7. The Balaban J connectivity index is 2.80. The Labute approximate surface area is 109 Å². The lowest BCUT2D eigenvalue weighted by Crippen LogP contribution is -2.32. The van der Waals surface area contributed by atoms with Crippen molar-refractivity contribution in [1.29, 1.82) is 0 Å². The maximum absolute atomic E-state index is 10.6. The Morgan fingerprint density at radius 2 is 1.89 bits per heavy atom. The Bertz CT molecular complexity index is 396. The highest BCUT2D eigenvalue weighted by molar-refractivity contribution is 5.66. The molecule has 0 saturated carbocycles. The molecule has 4 nitrogen and oxygen atoms in total. The summed E-state index contributed by atoms with van der Waals surface area (Å²) in [4.78, 5) is 17.2. The maximum atomic E-state index is 10.6. The summed E-state index contributed by atoms with van der Waals surface area (Å²) in [5.74, 6) is -0.735. The van der Waals surface area contributed by atoms with Crippen LogP contribution in [0, 0.1) is 13.8 Å². The summed E-state index contributed by atoms with van der Waals surface area (Å²) in [5, 5.41) is 8.70. The Morgan fingerprint density at radius 3 is 2.33 bits per heavy atom. The number of aliphatic carboxylic acids is 1. The number of hydrogen-bond acceptors (Lipinski definition) is 3. The number of nitrogens with zero attached hydrogens (tertiary/aromatic N) is 2. The van der Waals surface area contributed by atoms with Crippen molar-refractivity contribution >= 4 is 11.7 Å². The number of carboxylic acids is 1. The fourth-order valence-corrected chi connectivity index (χ4v) is 2.06. The minimum Gasteiger partial charge on any atom is -0.481 e. The van der Waals surface area contributed by atoms with E-state index in [4.69, 9.17) is 5.11 Å². The molecule has 0 atom stereocenters. The van der Waals surface area contributed by atoms with Crippen molar-refractivity contribution in [2.24, 2.45) is 0 Å². The molecule has 1 rings (SSSR count). The summed E-state index contributed by atoms with van der Waals surface area (Å²) in [6.45, 7) is 8.95. The van der Waals surface area contributed by atoms with E-state index in [1.165, 1.54) is 0 Å². The molecule has 1 aromatic rings. The molecule has 0 aliphatic carbocycles. The van der Waals surface area contributed by atoms with E-state index in [0.29, 0.717) is 12.5 Å². The standard InChI is InChI=1S/C14H22N2O2/c1-10(2)16(7-5-6-14(17)18)13-8-11(3)15-12(4)9-13/h8-10H,5-7H2,1-4H3,(H,17,18). The van der Waals surface area contributed by atoms with Crippen LogP contribution in [0.1, 0.15) is 38.1 Å². The SMILES string of the molecule is Cc1cc(N(CCCC(=O)O)C(C)C)cc(C)n1. The number of hydrogen-bond donors (Lipinski definition) is 1. The van der Waals surface area contributed by atoms with Crippen molar-refractivity contribution in [1.82, 2.24) is 4.98 Å². The monoisotopic (exact) mass is 250 g/mol. The summed E-state index contributed by atoms with van der Waals surface area (Å²) in [6.07, 6.45) is 0.875. The van der Waals surface area contributed by atoms with Crippen molar-refractivity contribution in [3.63, 3.8) is 0 Å². The fraction of sp³-hybridized carbons (Fsp3) is 0.571. The number of pyridine rings is 1. The Hall–Kier alpha value is -1.58. The molecule has 0 amide bonds. The zero-order valence-electron chi connectivity index (χ0n) is 11.6. The molecule has 1 aromatic heterocycles. The van der Waals surface area contributed by atoms with Crippen molar-refractivity contribution in [2.45, 2.75) is 46.6 Å². The molecular weight excluding hydrogens is 228 g/mol. The van der Waals surface area contributed by atoms with Gasteiger partial charge in [0.05, 0.1) is 0 Å². The molecule has 0 spiro atoms. The average Bonchev–Trinajstić information content (AvgIpc) is 2.21. The first-order valence-electron chi connectivity index (χ1n) is 6.34. The van der Waals surface area contributed by atoms with Gasteiger partial charge < -0.3 is 10.0 Å². The highest BCUT2D eigenvalue weighted by atomic mass is 16.4. The summed E-state index contributed by atoms with van der Waals surface area (Å²) >= 11 is 0. The molecule has 100 valence electrons. The summed E-state index contributed by atoms with van der Waals surface area (Å²) in [6, 6.07) is 4.45. The van der Waals surface area contributed by atoms with Crippen molar-refractivity contribution < 1.29 is 9.90 Å².